The number of rotatable bonds is 7. The normalized spacial score (nSPS) is 18.7. The van der Waals surface area contributed by atoms with Gasteiger partial charge in [0.15, 0.2) is 11.5 Å². The molecule has 1 aliphatic rings. The van der Waals surface area contributed by atoms with Crippen molar-refractivity contribution in [3.8, 4) is 11.5 Å². The summed E-state index contributed by atoms with van der Waals surface area (Å²) in [5.41, 5.74) is 1.33. The van der Waals surface area contributed by atoms with Crippen LogP contribution in [-0.2, 0) is 0 Å². The van der Waals surface area contributed by atoms with Crippen LogP contribution in [0.4, 0.5) is 0 Å². The summed E-state index contributed by atoms with van der Waals surface area (Å²) in [6.07, 6.45) is 1.17. The van der Waals surface area contributed by atoms with Gasteiger partial charge in [0, 0.05) is 32.2 Å². The van der Waals surface area contributed by atoms with Gasteiger partial charge in [-0.2, -0.15) is 0 Å². The Morgan fingerprint density at radius 1 is 1.18 bits per heavy atom. The van der Waals surface area contributed by atoms with Crippen molar-refractivity contribution in [1.82, 2.24) is 10.2 Å². The molecule has 0 amide bonds. The molecule has 2 rings (SSSR count). The summed E-state index contributed by atoms with van der Waals surface area (Å²) in [5, 5.41) is 3.44. The Kier molecular flexibility index (Phi) is 6.52. The Morgan fingerprint density at radius 3 is 2.50 bits per heavy atom. The molecular formula is C18H30N2O2. The monoisotopic (exact) mass is 306 g/mol. The van der Waals surface area contributed by atoms with Crippen molar-refractivity contribution in [3.63, 3.8) is 0 Å². The Hall–Kier alpha value is -1.26. The molecule has 124 valence electrons. The van der Waals surface area contributed by atoms with E-state index in [0.29, 0.717) is 18.6 Å². The summed E-state index contributed by atoms with van der Waals surface area (Å²) in [4.78, 5) is 2.60. The summed E-state index contributed by atoms with van der Waals surface area (Å²) < 4.78 is 11.2. The first kappa shape index (κ1) is 17.1. The molecule has 2 atom stereocenters. The lowest BCUT2D eigenvalue weighted by atomic mass is 9.90. The number of benzene rings is 1. The number of hydrogen-bond donors (Lipinski definition) is 1. The van der Waals surface area contributed by atoms with Crippen LogP contribution in [-0.4, -0.2) is 44.8 Å². The summed E-state index contributed by atoms with van der Waals surface area (Å²) in [6, 6.07) is 6.84. The molecule has 22 heavy (non-hydrogen) atoms. The Balaban J connectivity index is 2.31. The van der Waals surface area contributed by atoms with Crippen LogP contribution in [0.15, 0.2) is 18.2 Å². The maximum absolute atomic E-state index is 5.76. The number of nitrogens with one attached hydrogen (secondary N) is 1. The molecule has 1 fully saturated rings. The molecule has 1 saturated heterocycles. The molecule has 0 aromatic heterocycles. The van der Waals surface area contributed by atoms with Crippen molar-refractivity contribution in [2.75, 3.05) is 39.9 Å². The van der Waals surface area contributed by atoms with Crippen molar-refractivity contribution in [2.45, 2.75) is 33.2 Å². The van der Waals surface area contributed by atoms with Gasteiger partial charge < -0.3 is 14.8 Å². The summed E-state index contributed by atoms with van der Waals surface area (Å²) in [6.45, 7) is 11.6. The van der Waals surface area contributed by atoms with E-state index in [9.17, 15) is 0 Å². The van der Waals surface area contributed by atoms with Crippen LogP contribution in [0.3, 0.4) is 0 Å². The first-order chi connectivity index (χ1) is 10.7. The molecule has 0 spiro atoms. The van der Waals surface area contributed by atoms with E-state index in [4.69, 9.17) is 9.47 Å². The molecule has 0 aliphatic carbocycles. The molecular weight excluding hydrogens is 276 g/mol. The minimum Gasteiger partial charge on any atom is -0.493 e. The molecule has 1 N–H and O–H groups in total. The van der Waals surface area contributed by atoms with E-state index in [1.165, 1.54) is 12.0 Å². The molecule has 0 saturated carbocycles. The number of hydrogen-bond acceptors (Lipinski definition) is 4. The first-order valence-corrected chi connectivity index (χ1v) is 8.46. The van der Waals surface area contributed by atoms with Gasteiger partial charge in [-0.25, -0.2) is 0 Å². The predicted octanol–water partition coefficient (Wildman–Crippen LogP) is 3.09. The maximum Gasteiger partial charge on any atom is 0.161 e. The van der Waals surface area contributed by atoms with Gasteiger partial charge in [0.25, 0.3) is 0 Å². The SMILES string of the molecule is CCOc1cc([C@H](C(C)CC)N2CCNCC2)ccc1OC. The van der Waals surface area contributed by atoms with Gasteiger partial charge in [-0.05, 0) is 30.5 Å². The summed E-state index contributed by atoms with van der Waals surface area (Å²) in [7, 11) is 1.69. The third kappa shape index (κ3) is 3.93. The second kappa shape index (κ2) is 8.39. The molecule has 1 aliphatic heterocycles. The topological polar surface area (TPSA) is 33.7 Å². The van der Waals surface area contributed by atoms with E-state index in [1.54, 1.807) is 7.11 Å². The highest BCUT2D eigenvalue weighted by Crippen LogP contribution is 2.36. The second-order valence-electron chi connectivity index (χ2n) is 5.96. The Labute approximate surface area is 134 Å². The van der Waals surface area contributed by atoms with E-state index in [-0.39, 0.29) is 0 Å². The van der Waals surface area contributed by atoms with Crippen molar-refractivity contribution in [1.29, 1.82) is 0 Å². The number of ether oxygens (including phenoxy) is 2. The van der Waals surface area contributed by atoms with E-state index in [2.05, 4.69) is 36.2 Å². The average molecular weight is 306 g/mol. The smallest absolute Gasteiger partial charge is 0.161 e. The predicted molar refractivity (Wildman–Crippen MR) is 90.8 cm³/mol. The lowest BCUT2D eigenvalue weighted by molar-refractivity contribution is 0.128. The molecule has 1 unspecified atom stereocenters. The lowest BCUT2D eigenvalue weighted by Crippen LogP contribution is -2.46. The molecule has 1 heterocycles. The van der Waals surface area contributed by atoms with Crippen LogP contribution < -0.4 is 14.8 Å². The van der Waals surface area contributed by atoms with Gasteiger partial charge in [0.2, 0.25) is 0 Å². The zero-order chi connectivity index (χ0) is 15.9. The van der Waals surface area contributed by atoms with Gasteiger partial charge in [-0.3, -0.25) is 4.90 Å². The van der Waals surface area contributed by atoms with Crippen LogP contribution in [0, 0.1) is 5.92 Å². The zero-order valence-corrected chi connectivity index (χ0v) is 14.4. The minimum atomic E-state index is 0.442. The second-order valence-corrected chi connectivity index (χ2v) is 5.96. The Morgan fingerprint density at radius 2 is 1.91 bits per heavy atom. The van der Waals surface area contributed by atoms with Gasteiger partial charge in [0.1, 0.15) is 0 Å². The van der Waals surface area contributed by atoms with Crippen molar-refractivity contribution in [3.05, 3.63) is 23.8 Å². The van der Waals surface area contributed by atoms with Crippen LogP contribution in [0.2, 0.25) is 0 Å². The molecule has 1 aromatic rings. The molecule has 1 aromatic carbocycles. The van der Waals surface area contributed by atoms with Crippen LogP contribution in [0.1, 0.15) is 38.8 Å². The highest BCUT2D eigenvalue weighted by molar-refractivity contribution is 5.44. The zero-order valence-electron chi connectivity index (χ0n) is 14.4. The fourth-order valence-electron chi connectivity index (χ4n) is 3.23. The van der Waals surface area contributed by atoms with E-state index in [1.807, 2.05) is 13.0 Å². The van der Waals surface area contributed by atoms with Crippen molar-refractivity contribution >= 4 is 0 Å². The van der Waals surface area contributed by atoms with Crippen molar-refractivity contribution in [2.24, 2.45) is 5.92 Å². The van der Waals surface area contributed by atoms with E-state index >= 15 is 0 Å². The highest BCUT2D eigenvalue weighted by atomic mass is 16.5. The molecule has 4 nitrogen and oxygen atoms in total. The standard InChI is InChI=1S/C18H30N2O2/c1-5-14(3)18(20-11-9-19-10-12-20)15-7-8-16(21-4)17(13-15)22-6-2/h7-8,13-14,18-19H,5-6,9-12H2,1-4H3/t14?,18-/m0/s1. The first-order valence-electron chi connectivity index (χ1n) is 8.46. The molecule has 0 bridgehead atoms. The number of piperazine rings is 1. The lowest BCUT2D eigenvalue weighted by Gasteiger charge is -2.38. The minimum absolute atomic E-state index is 0.442. The van der Waals surface area contributed by atoms with Crippen molar-refractivity contribution < 1.29 is 9.47 Å². The largest absolute Gasteiger partial charge is 0.493 e. The summed E-state index contributed by atoms with van der Waals surface area (Å²) in [5.74, 6) is 2.28. The van der Waals surface area contributed by atoms with Gasteiger partial charge in [0.05, 0.1) is 13.7 Å². The molecule has 4 heteroatoms. The van der Waals surface area contributed by atoms with Gasteiger partial charge >= 0.3 is 0 Å². The van der Waals surface area contributed by atoms with Gasteiger partial charge in [-0.15, -0.1) is 0 Å². The van der Waals surface area contributed by atoms with Crippen LogP contribution in [0.5, 0.6) is 11.5 Å². The van der Waals surface area contributed by atoms with Crippen LogP contribution >= 0.6 is 0 Å². The fourth-order valence-corrected chi connectivity index (χ4v) is 3.23. The quantitative estimate of drug-likeness (QED) is 0.839. The summed E-state index contributed by atoms with van der Waals surface area (Å²) >= 11 is 0. The van der Waals surface area contributed by atoms with E-state index in [0.717, 1.165) is 37.7 Å². The Bertz CT molecular complexity index is 458. The highest BCUT2D eigenvalue weighted by Gasteiger charge is 2.27. The number of nitrogens with zero attached hydrogens (tertiary/aromatic N) is 1. The molecule has 0 radical (unpaired) electrons. The van der Waals surface area contributed by atoms with E-state index < -0.39 is 0 Å². The maximum atomic E-state index is 5.76. The average Bonchev–Trinajstić information content (AvgIpc) is 2.56. The van der Waals surface area contributed by atoms with Gasteiger partial charge in [-0.1, -0.05) is 26.3 Å². The number of methoxy groups -OCH3 is 1. The van der Waals surface area contributed by atoms with Crippen LogP contribution in [0.25, 0.3) is 0 Å². The fraction of sp³-hybridized carbons (Fsp3) is 0.667. The third-order valence-electron chi connectivity index (χ3n) is 4.56. The third-order valence-corrected chi connectivity index (χ3v) is 4.56.